The van der Waals surface area contributed by atoms with Crippen LogP contribution in [0.2, 0.25) is 5.02 Å². The molecule has 0 bridgehead atoms. The molecule has 3 atom stereocenters. The Kier molecular flexibility index (Phi) is 4.04. The van der Waals surface area contributed by atoms with E-state index in [1.807, 2.05) is 18.2 Å². The predicted octanol–water partition coefficient (Wildman–Crippen LogP) is 3.93. The molecule has 1 aromatic carbocycles. The maximum Gasteiger partial charge on any atom is 0.326 e. The maximum atomic E-state index is 12.9. The average molecular weight is 360 g/mol. The van der Waals surface area contributed by atoms with Crippen LogP contribution in [-0.4, -0.2) is 34.5 Å². The highest BCUT2D eigenvalue weighted by molar-refractivity contribution is 6.33. The summed E-state index contributed by atoms with van der Waals surface area (Å²) in [4.78, 5) is 26.0. The van der Waals surface area contributed by atoms with Gasteiger partial charge in [0.15, 0.2) is 5.76 Å². The second-order valence-electron chi connectivity index (χ2n) is 6.74. The molecule has 1 aliphatic carbocycles. The highest BCUT2D eigenvalue weighted by Crippen LogP contribution is 2.43. The number of halogens is 1. The molecule has 1 aromatic heterocycles. The van der Waals surface area contributed by atoms with Gasteiger partial charge in [-0.05, 0) is 48.9 Å². The number of fused-ring (bicyclic) bond motifs is 1. The standard InChI is InChI=1S/C19H18ClNO4/c20-14-7-2-1-5-13(14)15-8-9-16(25-15)18(22)21-10-11-4-3-6-12(11)17(21)19(23)24/h1-2,5,7-9,11-12,17H,3-4,6,10H2,(H,23,24). The van der Waals surface area contributed by atoms with E-state index in [-0.39, 0.29) is 23.5 Å². The second-order valence-corrected chi connectivity index (χ2v) is 7.15. The van der Waals surface area contributed by atoms with Gasteiger partial charge < -0.3 is 14.4 Å². The summed E-state index contributed by atoms with van der Waals surface area (Å²) in [6, 6.07) is 9.76. The van der Waals surface area contributed by atoms with E-state index in [0.29, 0.717) is 22.9 Å². The normalized spacial score (nSPS) is 25.2. The number of hydrogen-bond acceptors (Lipinski definition) is 3. The molecular formula is C19H18ClNO4. The van der Waals surface area contributed by atoms with Crippen LogP contribution in [0.3, 0.4) is 0 Å². The third-order valence-electron chi connectivity index (χ3n) is 5.36. The van der Waals surface area contributed by atoms with Crippen molar-refractivity contribution in [3.8, 4) is 11.3 Å². The minimum atomic E-state index is -0.930. The molecule has 1 amide bonds. The SMILES string of the molecule is O=C(O)C1C2CCCC2CN1C(=O)c1ccc(-c2ccccc2Cl)o1. The van der Waals surface area contributed by atoms with Crippen molar-refractivity contribution in [2.45, 2.75) is 25.3 Å². The van der Waals surface area contributed by atoms with Crippen LogP contribution in [0, 0.1) is 11.8 Å². The number of carbonyl (C=O) groups is 2. The van der Waals surface area contributed by atoms with Crippen LogP contribution in [0.25, 0.3) is 11.3 Å². The van der Waals surface area contributed by atoms with E-state index in [2.05, 4.69) is 0 Å². The van der Waals surface area contributed by atoms with Gasteiger partial charge in [-0.15, -0.1) is 0 Å². The van der Waals surface area contributed by atoms with Crippen molar-refractivity contribution in [2.75, 3.05) is 6.54 Å². The number of likely N-dealkylation sites (tertiary alicyclic amines) is 1. The van der Waals surface area contributed by atoms with Gasteiger partial charge in [-0.1, -0.05) is 30.2 Å². The van der Waals surface area contributed by atoms with E-state index in [4.69, 9.17) is 16.0 Å². The highest BCUT2D eigenvalue weighted by Gasteiger charge is 2.50. The van der Waals surface area contributed by atoms with Gasteiger partial charge in [-0.25, -0.2) is 4.79 Å². The first-order valence-corrected chi connectivity index (χ1v) is 8.82. The fraction of sp³-hybridized carbons (Fsp3) is 0.368. The van der Waals surface area contributed by atoms with E-state index in [9.17, 15) is 14.7 Å². The molecule has 1 saturated carbocycles. The van der Waals surface area contributed by atoms with Crippen LogP contribution in [0.1, 0.15) is 29.8 Å². The Morgan fingerprint density at radius 2 is 1.96 bits per heavy atom. The lowest BCUT2D eigenvalue weighted by molar-refractivity contribution is -0.142. The van der Waals surface area contributed by atoms with Crippen molar-refractivity contribution in [3.63, 3.8) is 0 Å². The number of aliphatic carboxylic acids is 1. The van der Waals surface area contributed by atoms with Gasteiger partial charge in [-0.3, -0.25) is 4.79 Å². The van der Waals surface area contributed by atoms with Crippen molar-refractivity contribution in [1.29, 1.82) is 0 Å². The Morgan fingerprint density at radius 1 is 1.16 bits per heavy atom. The average Bonchev–Trinajstić information content (AvgIpc) is 3.29. The van der Waals surface area contributed by atoms with Crippen molar-refractivity contribution in [1.82, 2.24) is 4.90 Å². The molecule has 1 aliphatic heterocycles. The van der Waals surface area contributed by atoms with Crippen LogP contribution in [-0.2, 0) is 4.79 Å². The molecule has 3 unspecified atom stereocenters. The Morgan fingerprint density at radius 3 is 2.72 bits per heavy atom. The number of benzene rings is 1. The van der Waals surface area contributed by atoms with Crippen molar-refractivity contribution in [3.05, 3.63) is 47.2 Å². The van der Waals surface area contributed by atoms with E-state index in [1.54, 1.807) is 18.2 Å². The molecular weight excluding hydrogens is 342 g/mol. The Bertz CT molecular complexity index is 830. The van der Waals surface area contributed by atoms with Gasteiger partial charge in [0.25, 0.3) is 5.91 Å². The zero-order chi connectivity index (χ0) is 17.6. The number of hydrogen-bond donors (Lipinski definition) is 1. The van der Waals surface area contributed by atoms with Crippen molar-refractivity contribution >= 4 is 23.5 Å². The Balaban J connectivity index is 1.61. The molecule has 2 heterocycles. The van der Waals surface area contributed by atoms with Gasteiger partial charge in [0, 0.05) is 12.1 Å². The molecule has 5 nitrogen and oxygen atoms in total. The molecule has 6 heteroatoms. The first-order valence-electron chi connectivity index (χ1n) is 8.45. The number of carboxylic acids is 1. The third-order valence-corrected chi connectivity index (χ3v) is 5.69. The number of amides is 1. The van der Waals surface area contributed by atoms with Gasteiger partial charge in [0.2, 0.25) is 0 Å². The Labute approximate surface area is 150 Å². The molecule has 130 valence electrons. The van der Waals surface area contributed by atoms with E-state index in [1.165, 1.54) is 4.90 Å². The minimum Gasteiger partial charge on any atom is -0.480 e. The lowest BCUT2D eigenvalue weighted by atomic mass is 9.94. The van der Waals surface area contributed by atoms with Crippen LogP contribution in [0.4, 0.5) is 0 Å². The van der Waals surface area contributed by atoms with Gasteiger partial charge >= 0.3 is 5.97 Å². The monoisotopic (exact) mass is 359 g/mol. The van der Waals surface area contributed by atoms with Crippen LogP contribution < -0.4 is 0 Å². The number of furan rings is 1. The summed E-state index contributed by atoms with van der Waals surface area (Å²) in [5, 5.41) is 10.1. The molecule has 0 spiro atoms. The first-order chi connectivity index (χ1) is 12.1. The largest absolute Gasteiger partial charge is 0.480 e. The molecule has 2 aromatic rings. The second kappa shape index (κ2) is 6.23. The fourth-order valence-corrected chi connectivity index (χ4v) is 4.46. The van der Waals surface area contributed by atoms with Crippen LogP contribution in [0.5, 0.6) is 0 Å². The van der Waals surface area contributed by atoms with Crippen molar-refractivity contribution < 1.29 is 19.1 Å². The smallest absolute Gasteiger partial charge is 0.326 e. The number of carbonyl (C=O) groups excluding carboxylic acids is 1. The first kappa shape index (κ1) is 16.2. The molecule has 0 radical (unpaired) electrons. The van der Waals surface area contributed by atoms with E-state index in [0.717, 1.165) is 19.3 Å². The summed E-state index contributed by atoms with van der Waals surface area (Å²) in [6.07, 6.45) is 2.90. The zero-order valence-electron chi connectivity index (χ0n) is 13.5. The molecule has 4 rings (SSSR count). The van der Waals surface area contributed by atoms with E-state index < -0.39 is 12.0 Å². The highest BCUT2D eigenvalue weighted by atomic mass is 35.5. The van der Waals surface area contributed by atoms with Gasteiger partial charge in [-0.2, -0.15) is 0 Å². The summed E-state index contributed by atoms with van der Waals surface area (Å²) >= 11 is 6.17. The summed E-state index contributed by atoms with van der Waals surface area (Å²) < 4.78 is 5.71. The molecule has 1 saturated heterocycles. The number of carboxylic acid groups (broad SMARTS) is 1. The summed E-state index contributed by atoms with van der Waals surface area (Å²) in [5.41, 5.74) is 0.705. The lowest BCUT2D eigenvalue weighted by Crippen LogP contribution is -2.43. The predicted molar refractivity (Wildman–Crippen MR) is 92.4 cm³/mol. The van der Waals surface area contributed by atoms with Crippen LogP contribution >= 0.6 is 11.6 Å². The molecule has 2 fully saturated rings. The topological polar surface area (TPSA) is 70.8 Å². The number of nitrogens with zero attached hydrogens (tertiary/aromatic N) is 1. The fourth-order valence-electron chi connectivity index (χ4n) is 4.23. The maximum absolute atomic E-state index is 12.9. The summed E-state index contributed by atoms with van der Waals surface area (Å²) in [6.45, 7) is 0.489. The van der Waals surface area contributed by atoms with Gasteiger partial charge in [0.1, 0.15) is 11.8 Å². The van der Waals surface area contributed by atoms with Crippen molar-refractivity contribution in [2.24, 2.45) is 11.8 Å². The number of rotatable bonds is 3. The zero-order valence-corrected chi connectivity index (χ0v) is 14.3. The lowest BCUT2D eigenvalue weighted by Gasteiger charge is -2.23. The van der Waals surface area contributed by atoms with E-state index >= 15 is 0 Å². The molecule has 2 aliphatic rings. The minimum absolute atomic E-state index is 0.0550. The Hall–Kier alpha value is -2.27. The summed E-state index contributed by atoms with van der Waals surface area (Å²) in [5.74, 6) is -0.301. The van der Waals surface area contributed by atoms with Crippen LogP contribution in [0.15, 0.2) is 40.8 Å². The third kappa shape index (κ3) is 2.72. The summed E-state index contributed by atoms with van der Waals surface area (Å²) in [7, 11) is 0. The quantitative estimate of drug-likeness (QED) is 0.901. The van der Waals surface area contributed by atoms with Gasteiger partial charge in [0.05, 0.1) is 5.02 Å². The molecule has 25 heavy (non-hydrogen) atoms. The molecule has 1 N–H and O–H groups in total.